The van der Waals surface area contributed by atoms with E-state index in [9.17, 15) is 14.0 Å². The number of amides is 2. The van der Waals surface area contributed by atoms with Gasteiger partial charge in [0.2, 0.25) is 11.8 Å². The predicted molar refractivity (Wildman–Crippen MR) is 116 cm³/mol. The van der Waals surface area contributed by atoms with Crippen molar-refractivity contribution in [1.82, 2.24) is 9.80 Å². The Labute approximate surface area is 177 Å². The number of rotatable bonds is 8. The summed E-state index contributed by atoms with van der Waals surface area (Å²) in [7, 11) is 0. The number of hydrogen-bond donors (Lipinski definition) is 0. The first-order valence-corrected chi connectivity index (χ1v) is 10.8. The van der Waals surface area contributed by atoms with Crippen LogP contribution in [0.3, 0.4) is 0 Å². The van der Waals surface area contributed by atoms with Crippen molar-refractivity contribution < 1.29 is 14.0 Å². The van der Waals surface area contributed by atoms with Gasteiger partial charge in [-0.3, -0.25) is 9.59 Å². The smallest absolute Gasteiger partial charge is 0.242 e. The first-order valence-electron chi connectivity index (χ1n) is 9.89. The van der Waals surface area contributed by atoms with Crippen LogP contribution in [0.15, 0.2) is 41.8 Å². The summed E-state index contributed by atoms with van der Waals surface area (Å²) in [5.41, 5.74) is 0.714. The van der Waals surface area contributed by atoms with Crippen molar-refractivity contribution in [3.63, 3.8) is 0 Å². The largest absolute Gasteiger partial charge is 0.332 e. The molecule has 2 aromatic rings. The third kappa shape index (κ3) is 7.61. The lowest BCUT2D eigenvalue weighted by Gasteiger charge is -2.32. The van der Waals surface area contributed by atoms with E-state index < -0.39 is 0 Å². The molecule has 4 nitrogen and oxygen atoms in total. The van der Waals surface area contributed by atoms with Crippen molar-refractivity contribution in [1.29, 1.82) is 0 Å². The van der Waals surface area contributed by atoms with Gasteiger partial charge in [0, 0.05) is 23.9 Å². The molecule has 0 N–H and O–H groups in total. The van der Waals surface area contributed by atoms with Gasteiger partial charge >= 0.3 is 0 Å². The normalized spacial score (nSPS) is 11.6. The second kappa shape index (κ2) is 10.0. The highest BCUT2D eigenvalue weighted by Gasteiger charge is 2.27. The average Bonchev–Trinajstić information content (AvgIpc) is 3.12. The van der Waals surface area contributed by atoms with E-state index in [0.717, 1.165) is 10.4 Å². The number of halogens is 1. The molecule has 1 aromatic carbocycles. The summed E-state index contributed by atoms with van der Waals surface area (Å²) < 4.78 is 13.2. The summed E-state index contributed by atoms with van der Waals surface area (Å²) in [4.78, 5) is 30.4. The molecule has 0 saturated carbocycles. The Morgan fingerprint density at radius 3 is 2.21 bits per heavy atom. The Balaban J connectivity index is 2.17. The van der Waals surface area contributed by atoms with E-state index in [4.69, 9.17) is 0 Å². The van der Waals surface area contributed by atoms with Gasteiger partial charge in [-0.1, -0.05) is 39.0 Å². The van der Waals surface area contributed by atoms with Crippen molar-refractivity contribution in [2.24, 2.45) is 5.41 Å². The molecule has 0 radical (unpaired) electrons. The minimum absolute atomic E-state index is 0.0151. The molecular weight excluding hydrogens is 387 g/mol. The third-order valence-electron chi connectivity index (χ3n) is 4.50. The van der Waals surface area contributed by atoms with Gasteiger partial charge in [-0.05, 0) is 48.4 Å². The van der Waals surface area contributed by atoms with Crippen LogP contribution in [0.25, 0.3) is 0 Å². The molecule has 2 amide bonds. The molecule has 6 heteroatoms. The van der Waals surface area contributed by atoms with Crippen LogP contribution in [-0.4, -0.2) is 34.2 Å². The molecule has 0 aliphatic carbocycles. The second-order valence-electron chi connectivity index (χ2n) is 8.81. The molecule has 0 bridgehead atoms. The van der Waals surface area contributed by atoms with Gasteiger partial charge < -0.3 is 9.80 Å². The van der Waals surface area contributed by atoms with E-state index in [1.807, 2.05) is 52.1 Å². The van der Waals surface area contributed by atoms with E-state index in [1.54, 1.807) is 33.3 Å². The van der Waals surface area contributed by atoms with Crippen LogP contribution >= 0.6 is 11.3 Å². The molecule has 29 heavy (non-hydrogen) atoms. The highest BCUT2D eigenvalue weighted by molar-refractivity contribution is 7.09. The Kier molecular flexibility index (Phi) is 7.96. The lowest BCUT2D eigenvalue weighted by atomic mass is 9.91. The highest BCUT2D eigenvalue weighted by Crippen LogP contribution is 2.21. The van der Waals surface area contributed by atoms with Gasteiger partial charge in [-0.15, -0.1) is 11.3 Å². The van der Waals surface area contributed by atoms with Gasteiger partial charge in [0.25, 0.3) is 0 Å². The van der Waals surface area contributed by atoms with E-state index in [0.29, 0.717) is 19.5 Å². The standard InChI is InChI=1S/C23H31FN2O2S/c1-17(2)26(21(27)13-23(3,4)5)16-22(28)25(15-20-7-6-12-29-20)14-18-8-10-19(24)11-9-18/h6-12,17H,13-16H2,1-5H3. The van der Waals surface area contributed by atoms with Crippen LogP contribution in [0.2, 0.25) is 0 Å². The second-order valence-corrected chi connectivity index (χ2v) is 9.84. The van der Waals surface area contributed by atoms with Gasteiger partial charge in [-0.25, -0.2) is 4.39 Å². The fourth-order valence-electron chi connectivity index (χ4n) is 2.99. The van der Waals surface area contributed by atoms with Crippen LogP contribution in [0.5, 0.6) is 0 Å². The van der Waals surface area contributed by atoms with Crippen LogP contribution in [-0.2, 0) is 22.7 Å². The SMILES string of the molecule is CC(C)N(CC(=O)N(Cc1ccc(F)cc1)Cc1cccs1)C(=O)CC(C)(C)C. The molecule has 0 unspecified atom stereocenters. The Morgan fingerprint density at radius 1 is 1.03 bits per heavy atom. The summed E-state index contributed by atoms with van der Waals surface area (Å²) in [5, 5.41) is 1.98. The maximum Gasteiger partial charge on any atom is 0.242 e. The molecule has 0 saturated heterocycles. The first kappa shape index (κ1) is 23.1. The van der Waals surface area contributed by atoms with Gasteiger partial charge in [0.1, 0.15) is 5.82 Å². The van der Waals surface area contributed by atoms with Crippen molar-refractivity contribution in [2.75, 3.05) is 6.54 Å². The Bertz CT molecular complexity index is 795. The molecule has 0 aliphatic rings. The van der Waals surface area contributed by atoms with Crippen LogP contribution in [0.4, 0.5) is 4.39 Å². The minimum Gasteiger partial charge on any atom is -0.332 e. The Morgan fingerprint density at radius 2 is 1.69 bits per heavy atom. The molecule has 1 heterocycles. The van der Waals surface area contributed by atoms with Crippen molar-refractivity contribution in [3.05, 3.63) is 58.0 Å². The zero-order valence-corrected chi connectivity index (χ0v) is 18.8. The lowest BCUT2D eigenvalue weighted by Crippen LogP contribution is -2.46. The highest BCUT2D eigenvalue weighted by atomic mass is 32.1. The summed E-state index contributed by atoms with van der Waals surface area (Å²) in [6.07, 6.45) is 0.390. The van der Waals surface area contributed by atoms with E-state index >= 15 is 0 Å². The zero-order valence-electron chi connectivity index (χ0n) is 17.9. The first-order chi connectivity index (χ1) is 13.5. The van der Waals surface area contributed by atoms with E-state index in [2.05, 4.69) is 0 Å². The topological polar surface area (TPSA) is 40.6 Å². The van der Waals surface area contributed by atoms with Crippen LogP contribution in [0, 0.1) is 11.2 Å². The van der Waals surface area contributed by atoms with Crippen LogP contribution in [0.1, 0.15) is 51.5 Å². The van der Waals surface area contributed by atoms with Crippen molar-refractivity contribution in [2.45, 2.75) is 60.2 Å². The third-order valence-corrected chi connectivity index (χ3v) is 5.36. The van der Waals surface area contributed by atoms with E-state index in [-0.39, 0.29) is 35.6 Å². The fourth-order valence-corrected chi connectivity index (χ4v) is 3.71. The summed E-state index contributed by atoms with van der Waals surface area (Å²) in [6, 6.07) is 10.0. The summed E-state index contributed by atoms with van der Waals surface area (Å²) in [5.74, 6) is -0.430. The molecule has 1 aromatic heterocycles. The number of carbonyl (C=O) groups excluding carboxylic acids is 2. The van der Waals surface area contributed by atoms with E-state index in [1.165, 1.54) is 12.1 Å². The molecule has 0 spiro atoms. The van der Waals surface area contributed by atoms with Crippen molar-refractivity contribution >= 4 is 23.2 Å². The predicted octanol–water partition coefficient (Wildman–Crippen LogP) is 5.09. The maximum absolute atomic E-state index is 13.2. The summed E-state index contributed by atoms with van der Waals surface area (Å²) >= 11 is 1.59. The van der Waals surface area contributed by atoms with Gasteiger partial charge in [-0.2, -0.15) is 0 Å². The average molecular weight is 419 g/mol. The molecule has 158 valence electrons. The number of carbonyl (C=O) groups is 2. The number of nitrogens with zero attached hydrogens (tertiary/aromatic N) is 2. The minimum atomic E-state index is -0.302. The molecule has 0 fully saturated rings. The van der Waals surface area contributed by atoms with Gasteiger partial charge in [0.05, 0.1) is 13.1 Å². The fraction of sp³-hybridized carbons (Fsp3) is 0.478. The molecular formula is C23H31FN2O2S. The molecule has 0 atom stereocenters. The monoisotopic (exact) mass is 418 g/mol. The zero-order chi connectivity index (χ0) is 21.6. The summed E-state index contributed by atoms with van der Waals surface area (Å²) in [6.45, 7) is 10.8. The molecule has 2 rings (SSSR count). The van der Waals surface area contributed by atoms with Crippen LogP contribution < -0.4 is 0 Å². The van der Waals surface area contributed by atoms with Crippen molar-refractivity contribution in [3.8, 4) is 0 Å². The lowest BCUT2D eigenvalue weighted by molar-refractivity contribution is -0.143. The Hall–Kier alpha value is -2.21. The molecule has 0 aliphatic heterocycles. The van der Waals surface area contributed by atoms with Gasteiger partial charge in [0.15, 0.2) is 0 Å². The number of thiophene rings is 1. The quantitative estimate of drug-likeness (QED) is 0.599. The number of hydrogen-bond acceptors (Lipinski definition) is 3. The maximum atomic E-state index is 13.2. The number of benzene rings is 1.